The van der Waals surface area contributed by atoms with Crippen molar-refractivity contribution in [2.75, 3.05) is 20.2 Å². The molecule has 1 aliphatic rings. The summed E-state index contributed by atoms with van der Waals surface area (Å²) < 4.78 is 11.3. The second-order valence-corrected chi connectivity index (χ2v) is 7.63. The van der Waals surface area contributed by atoms with Gasteiger partial charge in [-0.15, -0.1) is 0 Å². The highest BCUT2D eigenvalue weighted by Crippen LogP contribution is 2.31. The van der Waals surface area contributed by atoms with Crippen molar-refractivity contribution in [2.45, 2.75) is 25.2 Å². The van der Waals surface area contributed by atoms with E-state index in [2.05, 4.69) is 12.1 Å². The summed E-state index contributed by atoms with van der Waals surface area (Å²) in [5.41, 5.74) is 1.86. The lowest BCUT2D eigenvalue weighted by Crippen LogP contribution is -2.34. The average Bonchev–Trinajstić information content (AvgIpc) is 3.06. The number of nitrogens with zero attached hydrogens (tertiary/aromatic N) is 1. The molecule has 154 valence electrons. The molecular formula is C26H27NO3. The third kappa shape index (κ3) is 4.65. The van der Waals surface area contributed by atoms with Crippen LogP contribution in [0.3, 0.4) is 0 Å². The Kier molecular flexibility index (Phi) is 6.33. The largest absolute Gasteiger partial charge is 0.497 e. The number of methoxy groups -OCH3 is 1. The van der Waals surface area contributed by atoms with E-state index in [1.54, 1.807) is 7.11 Å². The summed E-state index contributed by atoms with van der Waals surface area (Å²) >= 11 is 0. The Bertz CT molecular complexity index is 969. The van der Waals surface area contributed by atoms with Crippen molar-refractivity contribution in [1.82, 2.24) is 4.90 Å². The number of carbonyl (C=O) groups is 1. The van der Waals surface area contributed by atoms with Gasteiger partial charge >= 0.3 is 0 Å². The van der Waals surface area contributed by atoms with E-state index in [9.17, 15) is 4.79 Å². The monoisotopic (exact) mass is 401 g/mol. The van der Waals surface area contributed by atoms with Crippen molar-refractivity contribution in [2.24, 2.45) is 0 Å². The van der Waals surface area contributed by atoms with Gasteiger partial charge in [0.05, 0.1) is 12.7 Å². The third-order valence-corrected chi connectivity index (χ3v) is 5.63. The number of amides is 1. The smallest absolute Gasteiger partial charge is 0.257 e. The average molecular weight is 402 g/mol. The van der Waals surface area contributed by atoms with Crippen molar-refractivity contribution in [3.63, 3.8) is 0 Å². The van der Waals surface area contributed by atoms with E-state index >= 15 is 0 Å². The Balaban J connectivity index is 1.54. The molecule has 0 aromatic heterocycles. The number of hydrogen-bond donors (Lipinski definition) is 0. The highest BCUT2D eigenvalue weighted by atomic mass is 16.5. The minimum absolute atomic E-state index is 0.0296. The Hall–Kier alpha value is -3.27. The molecule has 3 aromatic carbocycles. The summed E-state index contributed by atoms with van der Waals surface area (Å²) in [5, 5.41) is 0. The summed E-state index contributed by atoms with van der Waals surface area (Å²) in [6.07, 6.45) is 3.21. The number of benzene rings is 3. The van der Waals surface area contributed by atoms with Crippen LogP contribution in [0.5, 0.6) is 17.2 Å². The van der Waals surface area contributed by atoms with E-state index in [1.807, 2.05) is 71.6 Å². The zero-order valence-corrected chi connectivity index (χ0v) is 17.3. The lowest BCUT2D eigenvalue weighted by atomic mass is 9.94. The molecule has 0 radical (unpaired) electrons. The normalized spacial score (nSPS) is 16.6. The van der Waals surface area contributed by atoms with Gasteiger partial charge in [0.2, 0.25) is 0 Å². The van der Waals surface area contributed by atoms with E-state index in [-0.39, 0.29) is 5.91 Å². The fourth-order valence-corrected chi connectivity index (χ4v) is 3.99. The van der Waals surface area contributed by atoms with Gasteiger partial charge in [0.15, 0.2) is 0 Å². The van der Waals surface area contributed by atoms with Crippen LogP contribution in [0.2, 0.25) is 0 Å². The topological polar surface area (TPSA) is 38.8 Å². The fourth-order valence-electron chi connectivity index (χ4n) is 3.99. The molecule has 0 aliphatic carbocycles. The van der Waals surface area contributed by atoms with Gasteiger partial charge in [-0.2, -0.15) is 0 Å². The predicted octanol–water partition coefficient (Wildman–Crippen LogP) is 5.90. The van der Waals surface area contributed by atoms with Crippen LogP contribution in [-0.4, -0.2) is 31.0 Å². The highest BCUT2D eigenvalue weighted by molar-refractivity contribution is 5.97. The first-order chi connectivity index (χ1) is 14.7. The molecule has 0 N–H and O–H groups in total. The van der Waals surface area contributed by atoms with Crippen LogP contribution in [0.4, 0.5) is 0 Å². The Morgan fingerprint density at radius 2 is 1.60 bits per heavy atom. The summed E-state index contributed by atoms with van der Waals surface area (Å²) in [5.74, 6) is 2.53. The number of carbonyl (C=O) groups excluding carboxylic acids is 1. The molecule has 1 amide bonds. The van der Waals surface area contributed by atoms with Gasteiger partial charge in [-0.1, -0.05) is 48.9 Å². The molecule has 1 unspecified atom stereocenters. The molecule has 1 fully saturated rings. The summed E-state index contributed by atoms with van der Waals surface area (Å²) in [6, 6.07) is 25.3. The number of hydrogen-bond acceptors (Lipinski definition) is 3. The van der Waals surface area contributed by atoms with E-state index in [0.29, 0.717) is 23.8 Å². The molecule has 0 bridgehead atoms. The van der Waals surface area contributed by atoms with E-state index in [1.165, 1.54) is 5.56 Å². The van der Waals surface area contributed by atoms with Crippen LogP contribution in [0.1, 0.15) is 41.1 Å². The van der Waals surface area contributed by atoms with E-state index in [4.69, 9.17) is 9.47 Å². The second kappa shape index (κ2) is 9.49. The van der Waals surface area contributed by atoms with Crippen LogP contribution < -0.4 is 9.47 Å². The number of likely N-dealkylation sites (tertiary alicyclic amines) is 1. The van der Waals surface area contributed by atoms with Crippen molar-refractivity contribution < 1.29 is 14.3 Å². The minimum Gasteiger partial charge on any atom is -0.497 e. The Morgan fingerprint density at radius 1 is 0.867 bits per heavy atom. The van der Waals surface area contributed by atoms with Gasteiger partial charge in [-0.05, 0) is 54.8 Å². The molecular weight excluding hydrogens is 374 g/mol. The first-order valence-corrected chi connectivity index (χ1v) is 10.5. The van der Waals surface area contributed by atoms with Gasteiger partial charge in [-0.3, -0.25) is 4.79 Å². The molecule has 1 saturated heterocycles. The minimum atomic E-state index is 0.0296. The van der Waals surface area contributed by atoms with Crippen LogP contribution >= 0.6 is 0 Å². The Labute approximate surface area is 178 Å². The molecule has 4 heteroatoms. The third-order valence-electron chi connectivity index (χ3n) is 5.63. The summed E-state index contributed by atoms with van der Waals surface area (Å²) in [4.78, 5) is 15.4. The molecule has 1 heterocycles. The van der Waals surface area contributed by atoms with Gasteiger partial charge < -0.3 is 14.4 Å². The van der Waals surface area contributed by atoms with Gasteiger partial charge in [0.1, 0.15) is 17.2 Å². The van der Waals surface area contributed by atoms with Crippen molar-refractivity contribution >= 4 is 5.91 Å². The van der Waals surface area contributed by atoms with Crippen molar-refractivity contribution in [3.8, 4) is 17.2 Å². The molecule has 4 nitrogen and oxygen atoms in total. The van der Waals surface area contributed by atoms with Crippen LogP contribution in [0, 0.1) is 0 Å². The molecule has 4 rings (SSSR count). The zero-order chi connectivity index (χ0) is 20.8. The standard InChI is InChI=1S/C26H27NO3/c1-29-22-16-14-20(15-17-22)21-9-7-8-18-27(19-21)26(28)24-12-5-6-13-25(24)30-23-10-3-2-4-11-23/h2-6,10-17,21H,7-9,18-19H2,1H3. The van der Waals surface area contributed by atoms with E-state index in [0.717, 1.165) is 37.3 Å². The lowest BCUT2D eigenvalue weighted by Gasteiger charge is -2.26. The quantitative estimate of drug-likeness (QED) is 0.534. The Morgan fingerprint density at radius 3 is 2.37 bits per heavy atom. The predicted molar refractivity (Wildman–Crippen MR) is 118 cm³/mol. The number of ether oxygens (including phenoxy) is 2. The van der Waals surface area contributed by atoms with Crippen molar-refractivity contribution in [1.29, 1.82) is 0 Å². The first-order valence-electron chi connectivity index (χ1n) is 10.5. The SMILES string of the molecule is COc1ccc(C2CCCCN(C(=O)c3ccccc3Oc3ccccc3)C2)cc1. The molecule has 3 aromatic rings. The highest BCUT2D eigenvalue weighted by Gasteiger charge is 2.26. The maximum absolute atomic E-state index is 13.5. The number of para-hydroxylation sites is 2. The second-order valence-electron chi connectivity index (χ2n) is 7.63. The first kappa shape index (κ1) is 20.0. The zero-order valence-electron chi connectivity index (χ0n) is 17.3. The molecule has 1 atom stereocenters. The van der Waals surface area contributed by atoms with Crippen LogP contribution in [0.25, 0.3) is 0 Å². The van der Waals surface area contributed by atoms with E-state index < -0.39 is 0 Å². The summed E-state index contributed by atoms with van der Waals surface area (Å²) in [7, 11) is 1.68. The van der Waals surface area contributed by atoms with Crippen LogP contribution in [-0.2, 0) is 0 Å². The molecule has 30 heavy (non-hydrogen) atoms. The number of rotatable bonds is 5. The molecule has 0 saturated carbocycles. The molecule has 1 aliphatic heterocycles. The van der Waals surface area contributed by atoms with Gasteiger partial charge in [0, 0.05) is 19.0 Å². The maximum Gasteiger partial charge on any atom is 0.257 e. The van der Waals surface area contributed by atoms with Crippen LogP contribution in [0.15, 0.2) is 78.9 Å². The van der Waals surface area contributed by atoms with Gasteiger partial charge in [-0.25, -0.2) is 0 Å². The molecule has 0 spiro atoms. The maximum atomic E-state index is 13.5. The lowest BCUT2D eigenvalue weighted by molar-refractivity contribution is 0.0752. The van der Waals surface area contributed by atoms with Gasteiger partial charge in [0.25, 0.3) is 5.91 Å². The summed E-state index contributed by atoms with van der Waals surface area (Å²) in [6.45, 7) is 1.48. The van der Waals surface area contributed by atoms with Crippen molar-refractivity contribution in [3.05, 3.63) is 90.0 Å². The fraction of sp³-hybridized carbons (Fsp3) is 0.269.